The first kappa shape index (κ1) is 19.0. The topological polar surface area (TPSA) is 93.4 Å². The molecule has 1 aliphatic heterocycles. The Hall–Kier alpha value is -2.74. The third kappa shape index (κ3) is 4.33. The summed E-state index contributed by atoms with van der Waals surface area (Å²) in [5.74, 6) is 0.176. The molecular formula is C19H25N5O3. The molecule has 1 aromatic carbocycles. The van der Waals surface area contributed by atoms with E-state index in [0.717, 1.165) is 12.1 Å². The highest BCUT2D eigenvalue weighted by atomic mass is 16.6. The Balaban J connectivity index is 1.74. The van der Waals surface area contributed by atoms with Gasteiger partial charge in [-0.05, 0) is 51.4 Å². The number of nitrogens with zero attached hydrogens (tertiary/aromatic N) is 4. The molecule has 2 aromatic rings. The van der Waals surface area contributed by atoms with Crippen molar-refractivity contribution in [3.8, 4) is 6.01 Å². The van der Waals surface area contributed by atoms with Crippen LogP contribution >= 0.6 is 0 Å². The minimum atomic E-state index is -0.466. The maximum absolute atomic E-state index is 11.4. The van der Waals surface area contributed by atoms with Crippen molar-refractivity contribution in [2.45, 2.75) is 39.3 Å². The fourth-order valence-corrected chi connectivity index (χ4v) is 3.45. The Morgan fingerprint density at radius 1 is 1.33 bits per heavy atom. The maximum atomic E-state index is 11.4. The van der Waals surface area contributed by atoms with Gasteiger partial charge in [-0.25, -0.2) is 0 Å². The number of benzene rings is 1. The lowest BCUT2D eigenvalue weighted by atomic mass is 10.0. The number of likely N-dealkylation sites (tertiary alicyclic amines) is 1. The smallest absolute Gasteiger partial charge is 0.332 e. The van der Waals surface area contributed by atoms with Gasteiger partial charge < -0.3 is 10.1 Å². The van der Waals surface area contributed by atoms with Crippen LogP contribution in [0.5, 0.6) is 6.01 Å². The summed E-state index contributed by atoms with van der Waals surface area (Å²) < 4.78 is 5.31. The van der Waals surface area contributed by atoms with Crippen molar-refractivity contribution in [2.75, 3.05) is 25.5 Å². The molecule has 1 unspecified atom stereocenters. The first-order valence-corrected chi connectivity index (χ1v) is 9.18. The van der Waals surface area contributed by atoms with Gasteiger partial charge in [-0.2, -0.15) is 9.97 Å². The molecule has 0 amide bonds. The van der Waals surface area contributed by atoms with E-state index in [1.165, 1.54) is 18.4 Å². The summed E-state index contributed by atoms with van der Waals surface area (Å²) in [5.41, 5.74) is 2.49. The summed E-state index contributed by atoms with van der Waals surface area (Å²) in [7, 11) is 2.15. The molecule has 27 heavy (non-hydrogen) atoms. The van der Waals surface area contributed by atoms with Crippen LogP contribution in [0.4, 0.5) is 11.5 Å². The molecule has 1 atom stereocenters. The fraction of sp³-hybridized carbons (Fsp3) is 0.474. The van der Waals surface area contributed by atoms with E-state index in [0.29, 0.717) is 19.2 Å². The summed E-state index contributed by atoms with van der Waals surface area (Å²) in [6.07, 6.45) is 2.41. The second-order valence-corrected chi connectivity index (χ2v) is 6.71. The predicted molar refractivity (Wildman–Crippen MR) is 103 cm³/mol. The SMILES string of the molecule is CCOc1nc(C)c([N+](=O)[O-])c(NCc2ccc(C3CCCN3C)cc2)n1. The number of nitro groups is 1. The molecule has 144 valence electrons. The molecule has 0 aliphatic carbocycles. The van der Waals surface area contributed by atoms with Gasteiger partial charge in [0.1, 0.15) is 5.69 Å². The van der Waals surface area contributed by atoms with Gasteiger partial charge in [-0.1, -0.05) is 24.3 Å². The Morgan fingerprint density at radius 3 is 2.67 bits per heavy atom. The molecule has 1 saturated heterocycles. The van der Waals surface area contributed by atoms with Crippen LogP contribution in [-0.4, -0.2) is 40.0 Å². The highest BCUT2D eigenvalue weighted by Crippen LogP contribution is 2.31. The van der Waals surface area contributed by atoms with Crippen molar-refractivity contribution < 1.29 is 9.66 Å². The second kappa shape index (κ2) is 8.30. The van der Waals surface area contributed by atoms with Crippen LogP contribution in [-0.2, 0) is 6.54 Å². The van der Waals surface area contributed by atoms with Gasteiger partial charge in [0.05, 0.1) is 11.5 Å². The average molecular weight is 371 g/mol. The van der Waals surface area contributed by atoms with Crippen LogP contribution in [0.25, 0.3) is 0 Å². The first-order valence-electron chi connectivity index (χ1n) is 9.18. The number of hydrogen-bond donors (Lipinski definition) is 1. The van der Waals surface area contributed by atoms with E-state index in [9.17, 15) is 10.1 Å². The van der Waals surface area contributed by atoms with Gasteiger partial charge in [0, 0.05) is 12.6 Å². The standard InChI is InChI=1S/C19H25N5O3/c1-4-27-19-21-13(2)17(24(25)26)18(22-19)20-12-14-7-9-15(10-8-14)16-6-5-11-23(16)3/h7-10,16H,4-6,11-12H2,1-3H3,(H,20,21,22). The van der Waals surface area contributed by atoms with Crippen LogP contribution < -0.4 is 10.1 Å². The Kier molecular flexibility index (Phi) is 5.85. The summed E-state index contributed by atoms with van der Waals surface area (Å²) in [6.45, 7) is 5.36. The highest BCUT2D eigenvalue weighted by Gasteiger charge is 2.23. The molecule has 0 spiro atoms. The summed E-state index contributed by atoms with van der Waals surface area (Å²) in [6, 6.07) is 8.99. The van der Waals surface area contributed by atoms with Crippen LogP contribution in [0.2, 0.25) is 0 Å². The zero-order chi connectivity index (χ0) is 19.4. The summed E-state index contributed by atoms with van der Waals surface area (Å²) in [5, 5.41) is 14.5. The van der Waals surface area contributed by atoms with Gasteiger partial charge in [0.2, 0.25) is 5.82 Å². The quantitative estimate of drug-likeness (QED) is 0.588. The molecule has 1 N–H and O–H groups in total. The summed E-state index contributed by atoms with van der Waals surface area (Å²) >= 11 is 0. The van der Waals surface area contributed by atoms with Crippen molar-refractivity contribution in [1.29, 1.82) is 0 Å². The first-order chi connectivity index (χ1) is 13.0. The number of hydrogen-bond acceptors (Lipinski definition) is 7. The largest absolute Gasteiger partial charge is 0.464 e. The third-order valence-corrected chi connectivity index (χ3v) is 4.84. The minimum absolute atomic E-state index is 0.123. The lowest BCUT2D eigenvalue weighted by Gasteiger charge is -2.20. The average Bonchev–Trinajstić information content (AvgIpc) is 3.06. The predicted octanol–water partition coefficient (Wildman–Crippen LogP) is 3.47. The number of nitrogens with one attached hydrogen (secondary N) is 1. The molecular weight excluding hydrogens is 346 g/mol. The zero-order valence-corrected chi connectivity index (χ0v) is 15.9. The number of ether oxygens (including phenoxy) is 1. The third-order valence-electron chi connectivity index (χ3n) is 4.84. The maximum Gasteiger partial charge on any atom is 0.332 e. The molecule has 3 rings (SSSR count). The monoisotopic (exact) mass is 371 g/mol. The number of anilines is 1. The molecule has 1 fully saturated rings. The van der Waals surface area contributed by atoms with Gasteiger partial charge in [0.15, 0.2) is 0 Å². The number of rotatable bonds is 7. The van der Waals surface area contributed by atoms with Gasteiger partial charge >= 0.3 is 11.7 Å². The van der Waals surface area contributed by atoms with Crippen molar-refractivity contribution in [3.63, 3.8) is 0 Å². The van der Waals surface area contributed by atoms with E-state index in [4.69, 9.17) is 4.74 Å². The Morgan fingerprint density at radius 2 is 2.07 bits per heavy atom. The number of aromatic nitrogens is 2. The van der Waals surface area contributed by atoms with E-state index < -0.39 is 4.92 Å². The van der Waals surface area contributed by atoms with Crippen LogP contribution in [0.3, 0.4) is 0 Å². The van der Waals surface area contributed by atoms with Crippen molar-refractivity contribution in [1.82, 2.24) is 14.9 Å². The van der Waals surface area contributed by atoms with Gasteiger partial charge in [-0.15, -0.1) is 0 Å². The van der Waals surface area contributed by atoms with E-state index in [1.54, 1.807) is 6.92 Å². The molecule has 1 aliphatic rings. The van der Waals surface area contributed by atoms with Crippen LogP contribution in [0, 0.1) is 17.0 Å². The molecule has 0 radical (unpaired) electrons. The van der Waals surface area contributed by atoms with Gasteiger partial charge in [0.25, 0.3) is 0 Å². The molecule has 8 nitrogen and oxygen atoms in total. The Bertz CT molecular complexity index is 810. The molecule has 0 bridgehead atoms. The Labute approximate surface area is 158 Å². The minimum Gasteiger partial charge on any atom is -0.464 e. The van der Waals surface area contributed by atoms with E-state index in [-0.39, 0.29) is 23.2 Å². The highest BCUT2D eigenvalue weighted by molar-refractivity contribution is 5.59. The lowest BCUT2D eigenvalue weighted by molar-refractivity contribution is -0.385. The molecule has 2 heterocycles. The lowest BCUT2D eigenvalue weighted by Crippen LogP contribution is -2.17. The summed E-state index contributed by atoms with van der Waals surface area (Å²) in [4.78, 5) is 21.5. The second-order valence-electron chi connectivity index (χ2n) is 6.71. The van der Waals surface area contributed by atoms with Crippen LogP contribution in [0.15, 0.2) is 24.3 Å². The van der Waals surface area contributed by atoms with Gasteiger partial charge in [-0.3, -0.25) is 15.0 Å². The fourth-order valence-electron chi connectivity index (χ4n) is 3.45. The molecule has 0 saturated carbocycles. The van der Waals surface area contributed by atoms with E-state index in [2.05, 4.69) is 51.5 Å². The van der Waals surface area contributed by atoms with E-state index in [1.807, 2.05) is 6.92 Å². The molecule has 8 heteroatoms. The van der Waals surface area contributed by atoms with Crippen molar-refractivity contribution in [3.05, 3.63) is 51.2 Å². The molecule has 1 aromatic heterocycles. The van der Waals surface area contributed by atoms with Crippen molar-refractivity contribution >= 4 is 11.5 Å². The van der Waals surface area contributed by atoms with Crippen molar-refractivity contribution in [2.24, 2.45) is 0 Å². The zero-order valence-electron chi connectivity index (χ0n) is 15.9. The van der Waals surface area contributed by atoms with Crippen LogP contribution in [0.1, 0.15) is 42.6 Å². The van der Waals surface area contributed by atoms with E-state index >= 15 is 0 Å². The normalized spacial score (nSPS) is 17.1. The number of aryl methyl sites for hydroxylation is 1.